The lowest BCUT2D eigenvalue weighted by atomic mass is 10.0. The molecule has 0 atom stereocenters. The van der Waals surface area contributed by atoms with Gasteiger partial charge in [-0.3, -0.25) is 4.79 Å². The van der Waals surface area contributed by atoms with Crippen molar-refractivity contribution >= 4 is 5.78 Å². The zero-order chi connectivity index (χ0) is 11.8. The zero-order valence-corrected chi connectivity index (χ0v) is 9.18. The Balaban J connectivity index is 2.19. The number of hydrogen-bond acceptors (Lipinski definition) is 2. The van der Waals surface area contributed by atoms with Gasteiger partial charge in [0.15, 0.2) is 0 Å². The first-order valence-corrected chi connectivity index (χ1v) is 5.52. The van der Waals surface area contributed by atoms with Gasteiger partial charge < -0.3 is 4.57 Å². The van der Waals surface area contributed by atoms with Crippen molar-refractivity contribution in [1.29, 1.82) is 5.26 Å². The van der Waals surface area contributed by atoms with Gasteiger partial charge in [-0.2, -0.15) is 5.26 Å². The van der Waals surface area contributed by atoms with Crippen LogP contribution in [0.4, 0.5) is 0 Å². The van der Waals surface area contributed by atoms with Crippen LogP contribution in [0.5, 0.6) is 0 Å². The summed E-state index contributed by atoms with van der Waals surface area (Å²) in [4.78, 5) is 12.3. The number of nitrogens with zero attached hydrogens (tertiary/aromatic N) is 2. The van der Waals surface area contributed by atoms with Crippen molar-refractivity contribution in [2.24, 2.45) is 0 Å². The molecule has 3 nitrogen and oxygen atoms in total. The Morgan fingerprint density at radius 1 is 1.29 bits per heavy atom. The highest BCUT2D eigenvalue weighted by molar-refractivity contribution is 6.09. The van der Waals surface area contributed by atoms with Gasteiger partial charge in [0.2, 0.25) is 5.78 Å². The van der Waals surface area contributed by atoms with Gasteiger partial charge in [0.1, 0.15) is 6.07 Å². The van der Waals surface area contributed by atoms with Gasteiger partial charge >= 0.3 is 0 Å². The molecule has 1 aromatic heterocycles. The van der Waals surface area contributed by atoms with Crippen molar-refractivity contribution in [2.75, 3.05) is 0 Å². The van der Waals surface area contributed by atoms with E-state index >= 15 is 0 Å². The second-order valence-electron chi connectivity index (χ2n) is 4.16. The molecule has 0 radical (unpaired) electrons. The van der Waals surface area contributed by atoms with E-state index in [1.165, 1.54) is 0 Å². The van der Waals surface area contributed by atoms with Crippen LogP contribution in [0.1, 0.15) is 27.2 Å². The summed E-state index contributed by atoms with van der Waals surface area (Å²) in [5.74, 6) is 0.0135. The van der Waals surface area contributed by atoms with E-state index < -0.39 is 0 Å². The maximum atomic E-state index is 12.3. The predicted molar refractivity (Wildman–Crippen MR) is 62.7 cm³/mol. The summed E-state index contributed by atoms with van der Waals surface area (Å²) in [5.41, 5.74) is 3.01. The Bertz CT molecular complexity index is 646. The molecule has 0 saturated heterocycles. The molecule has 17 heavy (non-hydrogen) atoms. The minimum Gasteiger partial charge on any atom is -0.343 e. The van der Waals surface area contributed by atoms with Crippen molar-refractivity contribution in [2.45, 2.75) is 13.0 Å². The molecule has 3 rings (SSSR count). The number of fused-ring (bicyclic) bond motifs is 2. The summed E-state index contributed by atoms with van der Waals surface area (Å²) < 4.78 is 1.88. The molecule has 1 aromatic carbocycles. The van der Waals surface area contributed by atoms with Gasteiger partial charge in [0, 0.05) is 18.3 Å². The molecule has 0 saturated carbocycles. The van der Waals surface area contributed by atoms with Crippen LogP contribution in [-0.2, 0) is 13.0 Å². The van der Waals surface area contributed by atoms with E-state index in [4.69, 9.17) is 5.26 Å². The first kappa shape index (κ1) is 9.86. The molecule has 3 heteroatoms. The fourth-order valence-corrected chi connectivity index (χ4v) is 2.29. The third kappa shape index (κ3) is 1.46. The summed E-state index contributed by atoms with van der Waals surface area (Å²) in [6.45, 7) is 0.750. The van der Waals surface area contributed by atoms with E-state index in [2.05, 4.69) is 6.07 Å². The number of aromatic nitrogens is 1. The Hall–Kier alpha value is -2.34. The topological polar surface area (TPSA) is 45.8 Å². The molecular formula is C14H10N2O. The molecule has 0 amide bonds. The second-order valence-corrected chi connectivity index (χ2v) is 4.16. The minimum atomic E-state index is 0.0135. The van der Waals surface area contributed by atoms with Crippen LogP contribution in [0.25, 0.3) is 0 Å². The fraction of sp³-hybridized carbons (Fsp3) is 0.143. The van der Waals surface area contributed by atoms with Gasteiger partial charge in [-0.05, 0) is 18.1 Å². The van der Waals surface area contributed by atoms with Crippen molar-refractivity contribution in [1.82, 2.24) is 4.57 Å². The van der Waals surface area contributed by atoms with E-state index in [1.807, 2.05) is 28.8 Å². The normalized spacial score (nSPS) is 13.5. The average Bonchev–Trinajstić information content (AvgIpc) is 2.74. The third-order valence-electron chi connectivity index (χ3n) is 3.14. The van der Waals surface area contributed by atoms with E-state index in [9.17, 15) is 4.79 Å². The van der Waals surface area contributed by atoms with Gasteiger partial charge in [0.25, 0.3) is 0 Å². The van der Waals surface area contributed by atoms with E-state index in [0.717, 1.165) is 24.1 Å². The van der Waals surface area contributed by atoms with Crippen LogP contribution in [0, 0.1) is 11.3 Å². The smallest absolute Gasteiger partial charge is 0.209 e. The number of nitriles is 1. The second kappa shape index (κ2) is 3.60. The monoisotopic (exact) mass is 222 g/mol. The summed E-state index contributed by atoms with van der Waals surface area (Å²) in [6.07, 6.45) is 2.58. The molecule has 0 N–H and O–H groups in total. The molecule has 0 fully saturated rings. The van der Waals surface area contributed by atoms with Crippen LogP contribution in [-0.4, -0.2) is 10.4 Å². The highest BCUT2D eigenvalue weighted by Gasteiger charge is 2.21. The first-order valence-electron chi connectivity index (χ1n) is 5.52. The molecule has 1 aliphatic heterocycles. The lowest BCUT2D eigenvalue weighted by Crippen LogP contribution is -2.06. The maximum Gasteiger partial charge on any atom is 0.209 e. The highest BCUT2D eigenvalue weighted by Crippen LogP contribution is 2.21. The number of carbonyl (C=O) groups is 1. The van der Waals surface area contributed by atoms with E-state index in [-0.39, 0.29) is 5.78 Å². The number of ketones is 1. The Labute approximate surface area is 98.9 Å². The molecule has 1 aliphatic rings. The van der Waals surface area contributed by atoms with Crippen LogP contribution in [0.3, 0.4) is 0 Å². The molecule has 2 heterocycles. The molecule has 0 aliphatic carbocycles. The Morgan fingerprint density at radius 2 is 2.12 bits per heavy atom. The fourth-order valence-electron chi connectivity index (χ4n) is 2.29. The highest BCUT2D eigenvalue weighted by atomic mass is 16.1. The van der Waals surface area contributed by atoms with E-state index in [0.29, 0.717) is 11.3 Å². The largest absolute Gasteiger partial charge is 0.343 e. The average molecular weight is 222 g/mol. The standard InChI is InChI=1S/C14H10N2O/c15-8-10-7-13-14(17)12-4-2-1-3-11(12)5-6-16(13)9-10/h1-4,7,9H,5-6H2. The SMILES string of the molecule is N#Cc1cc2n(c1)CCc1ccccc1C2=O. The van der Waals surface area contributed by atoms with Crippen LogP contribution in [0.15, 0.2) is 36.5 Å². The van der Waals surface area contributed by atoms with Crippen molar-refractivity contribution in [3.8, 4) is 6.07 Å². The number of hydrogen-bond donors (Lipinski definition) is 0. The molecule has 82 valence electrons. The Kier molecular flexibility index (Phi) is 2.09. The van der Waals surface area contributed by atoms with Crippen molar-refractivity contribution in [3.05, 3.63) is 58.9 Å². The first-order chi connectivity index (χ1) is 8.29. The lowest BCUT2D eigenvalue weighted by Gasteiger charge is -2.01. The van der Waals surface area contributed by atoms with Gasteiger partial charge in [-0.1, -0.05) is 24.3 Å². The summed E-state index contributed by atoms with van der Waals surface area (Å²) in [5, 5.41) is 8.86. The molecule has 2 aromatic rings. The van der Waals surface area contributed by atoms with Crippen LogP contribution >= 0.6 is 0 Å². The van der Waals surface area contributed by atoms with Crippen LogP contribution < -0.4 is 0 Å². The molecular weight excluding hydrogens is 212 g/mol. The summed E-state index contributed by atoms with van der Waals surface area (Å²) in [7, 11) is 0. The number of carbonyl (C=O) groups excluding carboxylic acids is 1. The zero-order valence-electron chi connectivity index (χ0n) is 9.18. The van der Waals surface area contributed by atoms with Crippen LogP contribution in [0.2, 0.25) is 0 Å². The lowest BCUT2D eigenvalue weighted by molar-refractivity contribution is 0.103. The van der Waals surface area contributed by atoms with E-state index in [1.54, 1.807) is 12.3 Å². The van der Waals surface area contributed by atoms with Gasteiger partial charge in [0.05, 0.1) is 11.3 Å². The molecule has 0 unspecified atom stereocenters. The quantitative estimate of drug-likeness (QED) is 0.685. The minimum absolute atomic E-state index is 0.0135. The summed E-state index contributed by atoms with van der Waals surface area (Å²) in [6, 6.07) is 11.4. The number of benzene rings is 1. The maximum absolute atomic E-state index is 12.3. The third-order valence-corrected chi connectivity index (χ3v) is 3.14. The van der Waals surface area contributed by atoms with Gasteiger partial charge in [-0.25, -0.2) is 0 Å². The number of aryl methyl sites for hydroxylation is 2. The summed E-state index contributed by atoms with van der Waals surface area (Å²) >= 11 is 0. The molecule has 0 spiro atoms. The van der Waals surface area contributed by atoms with Gasteiger partial charge in [-0.15, -0.1) is 0 Å². The predicted octanol–water partition coefficient (Wildman–Crippen LogP) is 2.15. The van der Waals surface area contributed by atoms with Crippen molar-refractivity contribution < 1.29 is 4.79 Å². The molecule has 0 bridgehead atoms. The van der Waals surface area contributed by atoms with Crippen molar-refractivity contribution in [3.63, 3.8) is 0 Å². The Morgan fingerprint density at radius 3 is 2.94 bits per heavy atom. The number of rotatable bonds is 0.